The van der Waals surface area contributed by atoms with E-state index in [0.29, 0.717) is 0 Å². The van der Waals surface area contributed by atoms with Crippen LogP contribution in [0, 0.1) is 13.8 Å². The number of benzene rings is 7. The van der Waals surface area contributed by atoms with Crippen LogP contribution in [0.1, 0.15) is 75.8 Å². The smallest absolute Gasteiger partial charge is 0.178 e. The third-order valence-electron chi connectivity index (χ3n) is 14.4. The molecule has 1 atom stereocenters. The Bertz CT molecular complexity index is 2720. The zero-order valence-corrected chi connectivity index (χ0v) is 34.8. The molecule has 0 aromatic heterocycles. The van der Waals surface area contributed by atoms with Crippen molar-refractivity contribution in [3.05, 3.63) is 202 Å². The van der Waals surface area contributed by atoms with Gasteiger partial charge in [-0.3, -0.25) is 0 Å². The normalized spacial score (nSPS) is 19.7. The van der Waals surface area contributed by atoms with E-state index in [0.717, 1.165) is 74.6 Å². The minimum absolute atomic E-state index is 0.0717. The first-order valence-electron chi connectivity index (χ1n) is 21.7. The third-order valence-corrected chi connectivity index (χ3v) is 14.4. The van der Waals surface area contributed by atoms with Gasteiger partial charge in [0.25, 0.3) is 0 Å². The minimum Gasteiger partial charge on any atom is -0.497 e. The van der Waals surface area contributed by atoms with Crippen molar-refractivity contribution in [1.82, 2.24) is 0 Å². The molecule has 2 heterocycles. The minimum atomic E-state index is -0.870. The van der Waals surface area contributed by atoms with Crippen LogP contribution >= 0.6 is 0 Å². The van der Waals surface area contributed by atoms with Gasteiger partial charge in [0.15, 0.2) is 5.60 Å². The molecule has 7 aromatic carbocycles. The number of hydrogen-bond donors (Lipinski definition) is 0. The van der Waals surface area contributed by atoms with Crippen LogP contribution in [0.15, 0.2) is 152 Å². The molecule has 4 heteroatoms. The predicted octanol–water partition coefficient (Wildman–Crippen LogP) is 12.5. The second kappa shape index (κ2) is 14.3. The molecular weight excluding hydrogens is 735 g/mol. The number of fused-ring (bicyclic) bond motifs is 10. The Hall–Kier alpha value is -6.10. The van der Waals surface area contributed by atoms with Crippen LogP contribution < -0.4 is 14.4 Å². The zero-order chi connectivity index (χ0) is 40.5. The fourth-order valence-electron chi connectivity index (χ4n) is 11.4. The van der Waals surface area contributed by atoms with E-state index in [1.54, 1.807) is 7.11 Å². The third kappa shape index (κ3) is 5.60. The van der Waals surface area contributed by atoms with E-state index in [-0.39, 0.29) is 10.8 Å². The van der Waals surface area contributed by atoms with Gasteiger partial charge in [-0.15, -0.1) is 0 Å². The van der Waals surface area contributed by atoms with Crippen molar-refractivity contribution in [3.8, 4) is 22.6 Å². The summed E-state index contributed by atoms with van der Waals surface area (Å²) >= 11 is 0. The van der Waals surface area contributed by atoms with Crippen molar-refractivity contribution >= 4 is 22.5 Å². The molecule has 4 nitrogen and oxygen atoms in total. The Labute approximate surface area is 354 Å². The summed E-state index contributed by atoms with van der Waals surface area (Å²) in [4.78, 5) is 2.41. The van der Waals surface area contributed by atoms with Gasteiger partial charge < -0.3 is 19.1 Å². The van der Waals surface area contributed by atoms with Gasteiger partial charge in [-0.1, -0.05) is 132 Å². The lowest BCUT2D eigenvalue weighted by atomic mass is 9.55. The second-order valence-corrected chi connectivity index (χ2v) is 17.5. The van der Waals surface area contributed by atoms with Gasteiger partial charge in [0.1, 0.15) is 11.5 Å². The summed E-state index contributed by atoms with van der Waals surface area (Å²) in [5.74, 6) is 1.79. The zero-order valence-electron chi connectivity index (χ0n) is 34.8. The average Bonchev–Trinajstić information content (AvgIpc) is 3.58. The number of morpholine rings is 1. The number of hydrogen-bond acceptors (Lipinski definition) is 4. The molecule has 2 aliphatic carbocycles. The van der Waals surface area contributed by atoms with Gasteiger partial charge in [0, 0.05) is 51.7 Å². The number of rotatable bonds is 6. The Balaban J connectivity index is 1.12. The summed E-state index contributed by atoms with van der Waals surface area (Å²) in [5.41, 5.74) is 14.5. The highest BCUT2D eigenvalue weighted by Gasteiger charge is 2.53. The maximum Gasteiger partial charge on any atom is 0.178 e. The van der Waals surface area contributed by atoms with E-state index in [4.69, 9.17) is 14.2 Å². The van der Waals surface area contributed by atoms with Crippen LogP contribution in [0.25, 0.3) is 28.0 Å². The summed E-state index contributed by atoms with van der Waals surface area (Å²) < 4.78 is 19.2. The van der Waals surface area contributed by atoms with E-state index in [9.17, 15) is 0 Å². The Morgan fingerprint density at radius 3 is 1.83 bits per heavy atom. The lowest BCUT2D eigenvalue weighted by Crippen LogP contribution is -2.41. The number of nitrogens with zero attached hydrogens (tertiary/aromatic N) is 1. The molecule has 0 amide bonds. The van der Waals surface area contributed by atoms with Gasteiger partial charge in [-0.05, 0) is 115 Å². The Morgan fingerprint density at radius 2 is 1.18 bits per heavy atom. The van der Waals surface area contributed by atoms with Crippen molar-refractivity contribution < 1.29 is 14.2 Å². The first-order chi connectivity index (χ1) is 29.4. The summed E-state index contributed by atoms with van der Waals surface area (Å²) in [5, 5.41) is 2.43. The van der Waals surface area contributed by atoms with Gasteiger partial charge >= 0.3 is 0 Å². The number of anilines is 1. The van der Waals surface area contributed by atoms with Crippen molar-refractivity contribution in [2.24, 2.45) is 0 Å². The fraction of sp³-hybridized carbons (Fsp3) is 0.250. The van der Waals surface area contributed by atoms with Crippen LogP contribution in [0.3, 0.4) is 0 Å². The molecule has 0 radical (unpaired) electrons. The summed E-state index contributed by atoms with van der Waals surface area (Å²) in [7, 11) is 1.72. The lowest BCUT2D eigenvalue weighted by Gasteiger charge is -2.48. The molecule has 0 bridgehead atoms. The molecule has 1 spiro atoms. The van der Waals surface area contributed by atoms with Crippen LogP contribution in [0.2, 0.25) is 0 Å². The largest absolute Gasteiger partial charge is 0.497 e. The molecule has 0 N–H and O–H groups in total. The average molecular weight is 786 g/mol. The highest BCUT2D eigenvalue weighted by atomic mass is 16.5. The van der Waals surface area contributed by atoms with Gasteiger partial charge in [0.05, 0.1) is 20.3 Å². The predicted molar refractivity (Wildman–Crippen MR) is 245 cm³/mol. The molecule has 298 valence electrons. The van der Waals surface area contributed by atoms with Crippen LogP contribution in [-0.2, 0) is 21.2 Å². The fourth-order valence-corrected chi connectivity index (χ4v) is 11.4. The molecule has 1 unspecified atom stereocenters. The second-order valence-electron chi connectivity index (χ2n) is 17.5. The van der Waals surface area contributed by atoms with Gasteiger partial charge in [0.2, 0.25) is 0 Å². The number of ether oxygens (including phenoxy) is 3. The van der Waals surface area contributed by atoms with Crippen molar-refractivity contribution in [3.63, 3.8) is 0 Å². The van der Waals surface area contributed by atoms with Crippen molar-refractivity contribution in [2.75, 3.05) is 38.3 Å². The number of aryl methyl sites for hydroxylation is 2. The van der Waals surface area contributed by atoms with Crippen molar-refractivity contribution in [1.29, 1.82) is 0 Å². The molecular formula is C56H51NO3. The van der Waals surface area contributed by atoms with Gasteiger partial charge in [-0.2, -0.15) is 0 Å². The van der Waals surface area contributed by atoms with Crippen molar-refractivity contribution in [2.45, 2.75) is 56.0 Å². The highest BCUT2D eigenvalue weighted by Crippen LogP contribution is 2.64. The van der Waals surface area contributed by atoms with E-state index in [1.807, 2.05) is 0 Å². The molecule has 1 saturated carbocycles. The summed E-state index contributed by atoms with van der Waals surface area (Å²) in [6.07, 6.45) is 8.92. The molecule has 2 fully saturated rings. The van der Waals surface area contributed by atoms with Gasteiger partial charge in [-0.25, -0.2) is 0 Å². The topological polar surface area (TPSA) is 30.9 Å². The van der Waals surface area contributed by atoms with E-state index < -0.39 is 5.60 Å². The highest BCUT2D eigenvalue weighted by molar-refractivity contribution is 6.09. The monoisotopic (exact) mass is 785 g/mol. The van der Waals surface area contributed by atoms with E-state index in [2.05, 4.69) is 176 Å². The van der Waals surface area contributed by atoms with Crippen LogP contribution in [0.5, 0.6) is 11.5 Å². The van der Waals surface area contributed by atoms with E-state index in [1.165, 1.54) is 66.5 Å². The molecule has 4 aliphatic rings. The van der Waals surface area contributed by atoms with Crippen LogP contribution in [-0.4, -0.2) is 33.4 Å². The molecule has 60 heavy (non-hydrogen) atoms. The SMILES string of the molecule is COc1ccc(C2(c3ccc(N4CCOCC4)cc3)C=Cc3c4c(c5ccc(C)cc5c3O2)-c2ccc(C)cc2C42CCC(c3ccccc3)(c3ccccc3)CC2)cc1. The Morgan fingerprint density at radius 1 is 0.583 bits per heavy atom. The maximum atomic E-state index is 7.82. The van der Waals surface area contributed by atoms with E-state index >= 15 is 0 Å². The molecule has 2 aliphatic heterocycles. The van der Waals surface area contributed by atoms with Crippen LogP contribution in [0.4, 0.5) is 5.69 Å². The number of methoxy groups -OCH3 is 1. The lowest BCUT2D eigenvalue weighted by molar-refractivity contribution is 0.122. The first-order valence-corrected chi connectivity index (χ1v) is 21.7. The standard InChI is InChI=1S/C56H51NO3/c1-38-14-24-46-49(36-38)53-48(26-27-56(60-53,43-18-22-45(58-3)23-19-43)42-16-20-44(21-17-42)57-32-34-59-35-33-57)52-51(46)47-25-15-39(2)37-50(47)55(52)30-28-54(29-31-55,40-10-6-4-7-11-40)41-12-8-5-9-13-41/h4-27,36-37H,28-35H2,1-3H3. The molecule has 11 rings (SSSR count). The summed E-state index contributed by atoms with van der Waals surface area (Å²) in [6, 6.07) is 54.3. The quantitative estimate of drug-likeness (QED) is 0.168. The first kappa shape index (κ1) is 36.9. The summed E-state index contributed by atoms with van der Waals surface area (Å²) in [6.45, 7) is 7.75. The molecule has 7 aromatic rings. The molecule has 1 saturated heterocycles. The maximum absolute atomic E-state index is 7.82. The Kier molecular flexibility index (Phi) is 8.79.